The highest BCUT2D eigenvalue weighted by Crippen LogP contribution is 2.20. The number of hydrogen-bond donors (Lipinski definition) is 1. The average Bonchev–Trinajstić information content (AvgIpc) is 2.39. The van der Waals surface area contributed by atoms with Gasteiger partial charge in [-0.05, 0) is 24.3 Å². The van der Waals surface area contributed by atoms with Crippen molar-refractivity contribution in [2.24, 2.45) is 5.92 Å². The van der Waals surface area contributed by atoms with Gasteiger partial charge >= 0.3 is 0 Å². The number of benzene rings is 1. The van der Waals surface area contributed by atoms with Gasteiger partial charge < -0.3 is 5.11 Å². The van der Waals surface area contributed by atoms with Crippen LogP contribution in [0.3, 0.4) is 0 Å². The van der Waals surface area contributed by atoms with E-state index in [1.165, 1.54) is 4.31 Å². The molecule has 1 heterocycles. The SMILES string of the molecule is O=S(=O)(Cc1ccccc1)N1CCCC(CO)C1. The van der Waals surface area contributed by atoms with Crippen molar-refractivity contribution in [1.82, 2.24) is 4.31 Å². The minimum absolute atomic E-state index is 0.0476. The summed E-state index contributed by atoms with van der Waals surface area (Å²) in [5, 5.41) is 9.14. The standard InChI is InChI=1S/C13H19NO3S/c15-10-13-7-4-8-14(9-13)18(16,17)11-12-5-2-1-3-6-12/h1-3,5-6,13,15H,4,7-11H2. The fourth-order valence-electron chi connectivity index (χ4n) is 2.30. The molecule has 0 aliphatic carbocycles. The summed E-state index contributed by atoms with van der Waals surface area (Å²) in [5.41, 5.74) is 0.809. The number of hydrogen-bond acceptors (Lipinski definition) is 3. The van der Waals surface area contributed by atoms with Crippen LogP contribution in [0.4, 0.5) is 0 Å². The predicted molar refractivity (Wildman–Crippen MR) is 70.4 cm³/mol. The molecule has 1 aliphatic heterocycles. The Hall–Kier alpha value is -0.910. The fraction of sp³-hybridized carbons (Fsp3) is 0.538. The van der Waals surface area contributed by atoms with E-state index >= 15 is 0 Å². The van der Waals surface area contributed by atoms with E-state index in [1.54, 1.807) is 0 Å². The minimum atomic E-state index is -3.26. The molecule has 2 rings (SSSR count). The lowest BCUT2D eigenvalue weighted by atomic mass is 10.0. The second-order valence-electron chi connectivity index (χ2n) is 4.79. The van der Waals surface area contributed by atoms with Gasteiger partial charge in [-0.1, -0.05) is 30.3 Å². The first-order chi connectivity index (χ1) is 8.62. The quantitative estimate of drug-likeness (QED) is 0.894. The van der Waals surface area contributed by atoms with Crippen LogP contribution in [0.5, 0.6) is 0 Å². The van der Waals surface area contributed by atoms with Gasteiger partial charge in [0.1, 0.15) is 0 Å². The third-order valence-corrected chi connectivity index (χ3v) is 5.14. The molecular weight excluding hydrogens is 250 g/mol. The van der Waals surface area contributed by atoms with Crippen molar-refractivity contribution in [3.8, 4) is 0 Å². The van der Waals surface area contributed by atoms with E-state index in [4.69, 9.17) is 5.11 Å². The predicted octanol–water partition coefficient (Wildman–Crippen LogP) is 1.22. The molecule has 18 heavy (non-hydrogen) atoms. The normalized spacial score (nSPS) is 21.9. The van der Waals surface area contributed by atoms with Gasteiger partial charge in [-0.2, -0.15) is 0 Å². The van der Waals surface area contributed by atoms with E-state index < -0.39 is 10.0 Å². The van der Waals surface area contributed by atoms with Crippen molar-refractivity contribution in [2.45, 2.75) is 18.6 Å². The molecule has 1 N–H and O–H groups in total. The van der Waals surface area contributed by atoms with Crippen molar-refractivity contribution < 1.29 is 13.5 Å². The molecule has 0 aromatic heterocycles. The molecule has 1 fully saturated rings. The Morgan fingerprint density at radius 3 is 2.67 bits per heavy atom. The largest absolute Gasteiger partial charge is 0.396 e. The Labute approximate surface area is 108 Å². The third kappa shape index (κ3) is 3.31. The lowest BCUT2D eigenvalue weighted by molar-refractivity contribution is 0.165. The van der Waals surface area contributed by atoms with Gasteiger partial charge in [-0.15, -0.1) is 0 Å². The molecule has 0 amide bonds. The average molecular weight is 269 g/mol. The number of nitrogens with zero attached hydrogens (tertiary/aromatic N) is 1. The second kappa shape index (κ2) is 5.82. The summed E-state index contributed by atoms with van der Waals surface area (Å²) in [6.45, 7) is 1.09. The van der Waals surface area contributed by atoms with Gasteiger partial charge in [-0.25, -0.2) is 12.7 Å². The molecule has 1 unspecified atom stereocenters. The molecule has 1 aliphatic rings. The van der Waals surface area contributed by atoms with Gasteiger partial charge in [0.05, 0.1) is 5.75 Å². The van der Waals surface area contributed by atoms with Crippen molar-refractivity contribution >= 4 is 10.0 Å². The molecule has 1 aromatic carbocycles. The van der Waals surface area contributed by atoms with Gasteiger partial charge in [0, 0.05) is 19.7 Å². The zero-order chi connectivity index (χ0) is 13.0. The number of sulfonamides is 1. The van der Waals surface area contributed by atoms with Gasteiger partial charge in [0.25, 0.3) is 0 Å². The first-order valence-electron chi connectivity index (χ1n) is 6.24. The lowest BCUT2D eigenvalue weighted by Crippen LogP contribution is -2.41. The first-order valence-corrected chi connectivity index (χ1v) is 7.85. The van der Waals surface area contributed by atoms with Crippen molar-refractivity contribution in [1.29, 1.82) is 0 Å². The van der Waals surface area contributed by atoms with Crippen molar-refractivity contribution in [3.63, 3.8) is 0 Å². The Balaban J connectivity index is 2.06. The highest BCUT2D eigenvalue weighted by Gasteiger charge is 2.28. The molecular formula is C13H19NO3S. The van der Waals surface area contributed by atoms with Crippen molar-refractivity contribution in [3.05, 3.63) is 35.9 Å². The smallest absolute Gasteiger partial charge is 0.218 e. The zero-order valence-electron chi connectivity index (χ0n) is 10.3. The first kappa shape index (κ1) is 13.5. The van der Waals surface area contributed by atoms with Crippen LogP contribution in [-0.2, 0) is 15.8 Å². The molecule has 4 nitrogen and oxygen atoms in total. The monoisotopic (exact) mass is 269 g/mol. The van der Waals surface area contributed by atoms with Crippen LogP contribution in [0.1, 0.15) is 18.4 Å². The second-order valence-corrected chi connectivity index (χ2v) is 6.76. The van der Waals surface area contributed by atoms with E-state index in [0.717, 1.165) is 18.4 Å². The van der Waals surface area contributed by atoms with Crippen LogP contribution in [0.25, 0.3) is 0 Å². The molecule has 0 spiro atoms. The van der Waals surface area contributed by atoms with E-state index in [2.05, 4.69) is 0 Å². The Kier molecular flexibility index (Phi) is 4.37. The molecule has 0 radical (unpaired) electrons. The molecule has 0 saturated carbocycles. The van der Waals surface area contributed by atoms with Gasteiger partial charge in [-0.3, -0.25) is 0 Å². The summed E-state index contributed by atoms with van der Waals surface area (Å²) in [5.74, 6) is 0.135. The van der Waals surface area contributed by atoms with Gasteiger partial charge in [0.15, 0.2) is 0 Å². The Bertz CT molecular complexity index is 472. The van der Waals surface area contributed by atoms with Crippen LogP contribution >= 0.6 is 0 Å². The van der Waals surface area contributed by atoms with E-state index in [9.17, 15) is 8.42 Å². The molecule has 5 heteroatoms. The number of aliphatic hydroxyl groups is 1. The molecule has 1 saturated heterocycles. The molecule has 0 bridgehead atoms. The number of piperidine rings is 1. The maximum atomic E-state index is 12.3. The molecule has 1 atom stereocenters. The van der Waals surface area contributed by atoms with Crippen LogP contribution in [0.2, 0.25) is 0 Å². The molecule has 100 valence electrons. The third-order valence-electron chi connectivity index (χ3n) is 3.33. The maximum absolute atomic E-state index is 12.3. The highest BCUT2D eigenvalue weighted by molar-refractivity contribution is 7.88. The summed E-state index contributed by atoms with van der Waals surface area (Å²) in [6.07, 6.45) is 1.74. The number of rotatable bonds is 4. The summed E-state index contributed by atoms with van der Waals surface area (Å²) >= 11 is 0. The topological polar surface area (TPSA) is 57.6 Å². The fourth-order valence-corrected chi connectivity index (χ4v) is 3.95. The van der Waals surface area contributed by atoms with Crippen molar-refractivity contribution in [2.75, 3.05) is 19.7 Å². The Morgan fingerprint density at radius 2 is 2.00 bits per heavy atom. The van der Waals surface area contributed by atoms with Crippen LogP contribution < -0.4 is 0 Å². The summed E-state index contributed by atoms with van der Waals surface area (Å²) < 4.78 is 26.0. The van der Waals surface area contributed by atoms with E-state index in [-0.39, 0.29) is 18.3 Å². The lowest BCUT2D eigenvalue weighted by Gasteiger charge is -2.30. The van der Waals surface area contributed by atoms with Crippen LogP contribution in [-0.4, -0.2) is 37.5 Å². The summed E-state index contributed by atoms with van der Waals surface area (Å²) in [6, 6.07) is 9.21. The summed E-state index contributed by atoms with van der Waals surface area (Å²) in [7, 11) is -3.26. The molecule has 1 aromatic rings. The van der Waals surface area contributed by atoms with E-state index in [0.29, 0.717) is 13.1 Å². The van der Waals surface area contributed by atoms with Crippen LogP contribution in [0.15, 0.2) is 30.3 Å². The summed E-state index contributed by atoms with van der Waals surface area (Å²) in [4.78, 5) is 0. The van der Waals surface area contributed by atoms with E-state index in [1.807, 2.05) is 30.3 Å². The number of aliphatic hydroxyl groups excluding tert-OH is 1. The van der Waals surface area contributed by atoms with Crippen LogP contribution in [0, 0.1) is 5.92 Å². The Morgan fingerprint density at radius 1 is 1.28 bits per heavy atom. The zero-order valence-corrected chi connectivity index (χ0v) is 11.1. The van der Waals surface area contributed by atoms with Gasteiger partial charge in [0.2, 0.25) is 10.0 Å². The highest BCUT2D eigenvalue weighted by atomic mass is 32.2. The minimum Gasteiger partial charge on any atom is -0.396 e. The maximum Gasteiger partial charge on any atom is 0.218 e.